The summed E-state index contributed by atoms with van der Waals surface area (Å²) in [5.74, 6) is 0.480. The molecule has 2 aliphatic rings. The molecule has 2 aromatic carbocycles. The van der Waals surface area contributed by atoms with Crippen LogP contribution in [0.4, 0.5) is 0 Å². The lowest BCUT2D eigenvalue weighted by Crippen LogP contribution is -2.37. The smallest absolute Gasteiger partial charge is 0.225 e. The minimum absolute atomic E-state index is 0.0378. The summed E-state index contributed by atoms with van der Waals surface area (Å²) in [6.07, 6.45) is 0.995. The Morgan fingerprint density at radius 3 is 2.82 bits per heavy atom. The lowest BCUT2D eigenvalue weighted by Gasteiger charge is -2.28. The average molecular weight is 443 g/mol. The molecule has 146 valence electrons. The summed E-state index contributed by atoms with van der Waals surface area (Å²) in [5.41, 5.74) is 3.26. The predicted molar refractivity (Wildman–Crippen MR) is 110 cm³/mol. The summed E-state index contributed by atoms with van der Waals surface area (Å²) in [4.78, 5) is 27.1. The summed E-state index contributed by atoms with van der Waals surface area (Å²) < 4.78 is 6.65. The van der Waals surface area contributed by atoms with E-state index < -0.39 is 0 Å². The SMILES string of the molecule is Cc1ccc(CN2CC(C(=O)NC3CCOc4ccc(Br)cc43)CC2=O)cc1. The summed E-state index contributed by atoms with van der Waals surface area (Å²) in [6, 6.07) is 13.9. The standard InChI is InChI=1S/C22H23BrN2O3/c1-14-2-4-15(5-3-14)12-25-13-16(10-21(25)26)22(27)24-19-8-9-28-20-7-6-17(23)11-18(19)20/h2-7,11,16,19H,8-10,12-13H2,1H3,(H,24,27). The van der Waals surface area contributed by atoms with Gasteiger partial charge in [-0.25, -0.2) is 0 Å². The number of halogens is 1. The first kappa shape index (κ1) is 19.0. The number of hydrogen-bond acceptors (Lipinski definition) is 3. The molecule has 2 atom stereocenters. The molecule has 6 heteroatoms. The monoisotopic (exact) mass is 442 g/mol. The molecule has 2 aliphatic heterocycles. The molecule has 0 aliphatic carbocycles. The number of rotatable bonds is 4. The van der Waals surface area contributed by atoms with Crippen molar-refractivity contribution >= 4 is 27.7 Å². The van der Waals surface area contributed by atoms with Crippen LogP contribution in [-0.2, 0) is 16.1 Å². The van der Waals surface area contributed by atoms with Crippen molar-refractivity contribution in [2.24, 2.45) is 5.92 Å². The van der Waals surface area contributed by atoms with Gasteiger partial charge in [0.1, 0.15) is 5.75 Å². The topological polar surface area (TPSA) is 58.6 Å². The third-order valence-corrected chi connectivity index (χ3v) is 5.90. The van der Waals surface area contributed by atoms with E-state index >= 15 is 0 Å². The molecule has 28 heavy (non-hydrogen) atoms. The molecule has 0 saturated carbocycles. The molecule has 0 aromatic heterocycles. The number of amides is 2. The number of hydrogen-bond donors (Lipinski definition) is 1. The molecule has 1 fully saturated rings. The highest BCUT2D eigenvalue weighted by Crippen LogP contribution is 2.34. The van der Waals surface area contributed by atoms with Crippen LogP contribution in [0.15, 0.2) is 46.9 Å². The maximum absolute atomic E-state index is 12.9. The average Bonchev–Trinajstić information content (AvgIpc) is 3.05. The lowest BCUT2D eigenvalue weighted by atomic mass is 9.99. The molecule has 0 spiro atoms. The van der Waals surface area contributed by atoms with Crippen molar-refractivity contribution in [2.75, 3.05) is 13.2 Å². The van der Waals surface area contributed by atoms with Crippen molar-refractivity contribution in [1.29, 1.82) is 0 Å². The second-order valence-corrected chi connectivity index (χ2v) is 8.46. The molecule has 1 N–H and O–H groups in total. The van der Waals surface area contributed by atoms with Crippen molar-refractivity contribution < 1.29 is 14.3 Å². The van der Waals surface area contributed by atoms with Gasteiger partial charge in [-0.15, -0.1) is 0 Å². The lowest BCUT2D eigenvalue weighted by molar-refractivity contribution is -0.129. The van der Waals surface area contributed by atoms with Crippen LogP contribution in [-0.4, -0.2) is 29.9 Å². The van der Waals surface area contributed by atoms with E-state index in [1.54, 1.807) is 4.90 Å². The molecular weight excluding hydrogens is 420 g/mol. The van der Waals surface area contributed by atoms with Crippen LogP contribution in [0.1, 0.15) is 35.6 Å². The van der Waals surface area contributed by atoms with Gasteiger partial charge in [-0.05, 0) is 30.7 Å². The van der Waals surface area contributed by atoms with Gasteiger partial charge in [-0.2, -0.15) is 0 Å². The summed E-state index contributed by atoms with van der Waals surface area (Å²) in [6.45, 7) is 3.63. The number of benzene rings is 2. The Kier molecular flexibility index (Phi) is 5.40. The molecule has 4 rings (SSSR count). The van der Waals surface area contributed by atoms with Crippen LogP contribution in [0.25, 0.3) is 0 Å². The molecule has 0 radical (unpaired) electrons. The Morgan fingerprint density at radius 2 is 2.04 bits per heavy atom. The Morgan fingerprint density at radius 1 is 1.25 bits per heavy atom. The highest BCUT2D eigenvalue weighted by Gasteiger charge is 2.35. The van der Waals surface area contributed by atoms with Crippen molar-refractivity contribution in [3.05, 3.63) is 63.6 Å². The summed E-state index contributed by atoms with van der Waals surface area (Å²) in [5, 5.41) is 3.14. The van der Waals surface area contributed by atoms with Gasteiger partial charge in [-0.1, -0.05) is 45.8 Å². The van der Waals surface area contributed by atoms with Crippen molar-refractivity contribution in [3.63, 3.8) is 0 Å². The van der Waals surface area contributed by atoms with Crippen LogP contribution in [0.3, 0.4) is 0 Å². The van der Waals surface area contributed by atoms with Gasteiger partial charge in [0.25, 0.3) is 0 Å². The minimum Gasteiger partial charge on any atom is -0.493 e. The first-order chi connectivity index (χ1) is 13.5. The zero-order chi connectivity index (χ0) is 19.7. The molecule has 2 aromatic rings. The molecule has 1 saturated heterocycles. The van der Waals surface area contributed by atoms with Crippen LogP contribution in [0, 0.1) is 12.8 Å². The van der Waals surface area contributed by atoms with Gasteiger partial charge in [0.2, 0.25) is 11.8 Å². The number of ether oxygens (including phenoxy) is 1. The zero-order valence-corrected chi connectivity index (χ0v) is 17.4. The Labute approximate surface area is 173 Å². The van der Waals surface area contributed by atoms with Crippen LogP contribution >= 0.6 is 15.9 Å². The van der Waals surface area contributed by atoms with E-state index in [-0.39, 0.29) is 30.2 Å². The number of carbonyl (C=O) groups is 2. The van der Waals surface area contributed by atoms with Crippen molar-refractivity contribution in [2.45, 2.75) is 32.4 Å². The van der Waals surface area contributed by atoms with E-state index in [1.807, 2.05) is 49.4 Å². The first-order valence-electron chi connectivity index (χ1n) is 9.55. The van der Waals surface area contributed by atoms with Gasteiger partial charge in [0.15, 0.2) is 0 Å². The maximum Gasteiger partial charge on any atom is 0.225 e. The van der Waals surface area contributed by atoms with Crippen molar-refractivity contribution in [3.8, 4) is 5.75 Å². The van der Waals surface area contributed by atoms with E-state index in [2.05, 4.69) is 21.2 Å². The molecular formula is C22H23BrN2O3. The number of nitrogens with zero attached hydrogens (tertiary/aromatic N) is 1. The third kappa shape index (κ3) is 4.07. The third-order valence-electron chi connectivity index (χ3n) is 5.41. The minimum atomic E-state index is -0.309. The predicted octanol–water partition coefficient (Wildman–Crippen LogP) is 3.75. The molecule has 2 amide bonds. The molecule has 0 bridgehead atoms. The Balaban J connectivity index is 1.40. The van der Waals surface area contributed by atoms with Gasteiger partial charge >= 0.3 is 0 Å². The highest BCUT2D eigenvalue weighted by atomic mass is 79.9. The number of fused-ring (bicyclic) bond motifs is 1. The van der Waals surface area contributed by atoms with Crippen LogP contribution < -0.4 is 10.1 Å². The maximum atomic E-state index is 12.9. The molecule has 5 nitrogen and oxygen atoms in total. The largest absolute Gasteiger partial charge is 0.493 e. The normalized spacial score (nSPS) is 21.2. The summed E-state index contributed by atoms with van der Waals surface area (Å²) >= 11 is 3.48. The van der Waals surface area contributed by atoms with Gasteiger partial charge < -0.3 is 15.0 Å². The Bertz CT molecular complexity index is 897. The quantitative estimate of drug-likeness (QED) is 0.784. The number of carbonyl (C=O) groups excluding carboxylic acids is 2. The second-order valence-electron chi connectivity index (χ2n) is 7.54. The van der Waals surface area contributed by atoms with E-state index in [0.717, 1.165) is 27.8 Å². The molecule has 2 heterocycles. The zero-order valence-electron chi connectivity index (χ0n) is 15.8. The fourth-order valence-electron chi connectivity index (χ4n) is 3.82. The highest BCUT2D eigenvalue weighted by molar-refractivity contribution is 9.10. The summed E-state index contributed by atoms with van der Waals surface area (Å²) in [7, 11) is 0. The fourth-order valence-corrected chi connectivity index (χ4v) is 4.20. The fraction of sp³-hybridized carbons (Fsp3) is 0.364. The second kappa shape index (κ2) is 7.95. The van der Waals surface area contributed by atoms with E-state index in [9.17, 15) is 9.59 Å². The Hall–Kier alpha value is -2.34. The van der Waals surface area contributed by atoms with Crippen molar-refractivity contribution in [1.82, 2.24) is 10.2 Å². The van der Waals surface area contributed by atoms with Gasteiger partial charge in [0.05, 0.1) is 18.6 Å². The van der Waals surface area contributed by atoms with Crippen LogP contribution in [0.2, 0.25) is 0 Å². The van der Waals surface area contributed by atoms with Gasteiger partial charge in [0, 0.05) is 36.0 Å². The van der Waals surface area contributed by atoms with Crippen LogP contribution in [0.5, 0.6) is 5.75 Å². The number of nitrogens with one attached hydrogen (secondary N) is 1. The number of aryl methyl sites for hydroxylation is 1. The van der Waals surface area contributed by atoms with E-state index in [0.29, 0.717) is 19.7 Å². The van der Waals surface area contributed by atoms with Gasteiger partial charge in [-0.3, -0.25) is 9.59 Å². The molecule has 2 unspecified atom stereocenters. The number of likely N-dealkylation sites (tertiary alicyclic amines) is 1. The van der Waals surface area contributed by atoms with E-state index in [4.69, 9.17) is 4.74 Å². The first-order valence-corrected chi connectivity index (χ1v) is 10.3. The van der Waals surface area contributed by atoms with E-state index in [1.165, 1.54) is 5.56 Å².